The zero-order valence-corrected chi connectivity index (χ0v) is 19.9. The zero-order chi connectivity index (χ0) is 22.4. The van der Waals surface area contributed by atoms with E-state index in [-0.39, 0.29) is 11.8 Å². The first-order valence-electron chi connectivity index (χ1n) is 11.7. The van der Waals surface area contributed by atoms with Crippen LogP contribution < -0.4 is 9.64 Å². The fraction of sp³-hybridized carbons (Fsp3) is 0.0968. The van der Waals surface area contributed by atoms with Crippen LogP contribution in [0.1, 0.15) is 45.2 Å². The maximum absolute atomic E-state index is 6.24. The van der Waals surface area contributed by atoms with E-state index in [9.17, 15) is 0 Å². The second-order valence-electron chi connectivity index (χ2n) is 9.39. The number of hydrogen-bond acceptors (Lipinski definition) is 2. The standard InChI is InChI=1S/C31H20BrNO/c32-25-15-23-24(31-21-11-3-1-9-19(21)30(23)20-10-2-4-12-22(20)31)16-27(25)33-17-34-28-14-6-8-18-7-5-13-26(33)29(18)28/h1-16,30-31H,17H2. The maximum Gasteiger partial charge on any atom is 0.165 e. The molecule has 0 unspecified atom stereocenters. The first kappa shape index (κ1) is 18.8. The molecule has 5 aromatic rings. The molecule has 0 aromatic heterocycles. The summed E-state index contributed by atoms with van der Waals surface area (Å²) in [7, 11) is 0. The van der Waals surface area contributed by atoms with Crippen molar-refractivity contribution in [2.75, 3.05) is 11.6 Å². The number of ether oxygens (including phenoxy) is 1. The van der Waals surface area contributed by atoms with Crippen molar-refractivity contribution < 1.29 is 4.74 Å². The molecule has 0 spiro atoms. The summed E-state index contributed by atoms with van der Waals surface area (Å²) in [5.41, 5.74) is 10.9. The van der Waals surface area contributed by atoms with Gasteiger partial charge in [-0.2, -0.15) is 0 Å². The minimum Gasteiger partial charge on any atom is -0.472 e. The van der Waals surface area contributed by atoms with Gasteiger partial charge in [0.15, 0.2) is 6.73 Å². The van der Waals surface area contributed by atoms with Gasteiger partial charge in [-0.15, -0.1) is 0 Å². The fourth-order valence-electron chi connectivity index (χ4n) is 6.41. The molecule has 2 bridgehead atoms. The van der Waals surface area contributed by atoms with Gasteiger partial charge in [-0.1, -0.05) is 72.8 Å². The van der Waals surface area contributed by atoms with Crippen LogP contribution in [0.15, 0.2) is 102 Å². The number of anilines is 2. The highest BCUT2D eigenvalue weighted by Gasteiger charge is 2.41. The van der Waals surface area contributed by atoms with E-state index in [0.717, 1.165) is 15.9 Å². The summed E-state index contributed by atoms with van der Waals surface area (Å²) in [5.74, 6) is 1.49. The highest BCUT2D eigenvalue weighted by Crippen LogP contribution is 2.57. The Morgan fingerprint density at radius 3 is 1.85 bits per heavy atom. The lowest BCUT2D eigenvalue weighted by atomic mass is 9.61. The Morgan fingerprint density at radius 1 is 0.618 bits per heavy atom. The molecule has 0 saturated heterocycles. The molecule has 0 atom stereocenters. The van der Waals surface area contributed by atoms with Crippen molar-refractivity contribution in [2.45, 2.75) is 11.8 Å². The third-order valence-electron chi connectivity index (χ3n) is 7.79. The molecule has 0 radical (unpaired) electrons. The lowest BCUT2D eigenvalue weighted by molar-refractivity contribution is 0.324. The second kappa shape index (κ2) is 6.74. The van der Waals surface area contributed by atoms with Gasteiger partial charge in [-0.25, -0.2) is 0 Å². The van der Waals surface area contributed by atoms with E-state index < -0.39 is 0 Å². The molecule has 5 aromatic carbocycles. The van der Waals surface area contributed by atoms with E-state index in [1.807, 2.05) is 0 Å². The molecule has 4 aliphatic rings. The van der Waals surface area contributed by atoms with E-state index in [0.29, 0.717) is 6.73 Å². The second-order valence-corrected chi connectivity index (χ2v) is 10.2. The number of hydrogen-bond donors (Lipinski definition) is 0. The SMILES string of the molecule is Brc1cc2c(cc1N1COc3cccc4cccc1c34)C1c3ccccc3C2c2ccccc21. The molecular formula is C31H20BrNO. The average molecular weight is 502 g/mol. The highest BCUT2D eigenvalue weighted by atomic mass is 79.9. The van der Waals surface area contributed by atoms with E-state index >= 15 is 0 Å². The Balaban J connectivity index is 1.36. The summed E-state index contributed by atoms with van der Waals surface area (Å²) < 4.78 is 7.35. The van der Waals surface area contributed by atoms with Gasteiger partial charge in [0, 0.05) is 21.7 Å². The van der Waals surface area contributed by atoms with E-state index in [2.05, 4.69) is 118 Å². The highest BCUT2D eigenvalue weighted by molar-refractivity contribution is 9.10. The number of halogens is 1. The van der Waals surface area contributed by atoms with Crippen LogP contribution in [0.2, 0.25) is 0 Å². The maximum atomic E-state index is 6.24. The van der Waals surface area contributed by atoms with Crippen LogP contribution in [0.5, 0.6) is 5.75 Å². The van der Waals surface area contributed by atoms with Gasteiger partial charge >= 0.3 is 0 Å². The van der Waals surface area contributed by atoms with Crippen molar-refractivity contribution in [1.82, 2.24) is 0 Å². The first-order valence-corrected chi connectivity index (χ1v) is 12.5. The lowest BCUT2D eigenvalue weighted by Gasteiger charge is -2.43. The van der Waals surface area contributed by atoms with E-state index in [1.165, 1.54) is 49.8 Å². The summed E-state index contributed by atoms with van der Waals surface area (Å²) in [6.45, 7) is 0.495. The predicted molar refractivity (Wildman–Crippen MR) is 140 cm³/mol. The molecule has 2 nitrogen and oxygen atoms in total. The summed E-state index contributed by atoms with van der Waals surface area (Å²) >= 11 is 3.95. The Morgan fingerprint density at radius 2 is 1.21 bits per heavy atom. The molecule has 162 valence electrons. The van der Waals surface area contributed by atoms with Crippen LogP contribution in [0, 0.1) is 0 Å². The third-order valence-corrected chi connectivity index (χ3v) is 8.42. The molecule has 0 amide bonds. The summed E-state index contributed by atoms with van der Waals surface area (Å²) in [5, 5.41) is 2.38. The van der Waals surface area contributed by atoms with Crippen LogP contribution in [0.3, 0.4) is 0 Å². The van der Waals surface area contributed by atoms with Gasteiger partial charge in [0.25, 0.3) is 0 Å². The quantitative estimate of drug-likeness (QED) is 0.225. The van der Waals surface area contributed by atoms with Crippen molar-refractivity contribution >= 4 is 38.1 Å². The van der Waals surface area contributed by atoms with Gasteiger partial charge in [0.2, 0.25) is 0 Å². The molecule has 1 heterocycles. The minimum absolute atomic E-state index is 0.257. The van der Waals surface area contributed by atoms with Crippen LogP contribution in [0.4, 0.5) is 11.4 Å². The molecule has 0 N–H and O–H groups in total. The largest absolute Gasteiger partial charge is 0.472 e. The minimum atomic E-state index is 0.257. The van der Waals surface area contributed by atoms with Crippen LogP contribution in [0.25, 0.3) is 10.8 Å². The molecule has 0 saturated carbocycles. The molecule has 0 fully saturated rings. The molecule has 3 heteroatoms. The predicted octanol–water partition coefficient (Wildman–Crippen LogP) is 8.08. The van der Waals surface area contributed by atoms with Gasteiger partial charge in [-0.3, -0.25) is 0 Å². The summed E-state index contributed by atoms with van der Waals surface area (Å²) in [6.07, 6.45) is 0. The van der Waals surface area contributed by atoms with Crippen LogP contribution in [-0.2, 0) is 0 Å². The van der Waals surface area contributed by atoms with Crippen molar-refractivity contribution in [3.8, 4) is 5.75 Å². The van der Waals surface area contributed by atoms with Gasteiger partial charge < -0.3 is 9.64 Å². The van der Waals surface area contributed by atoms with E-state index in [4.69, 9.17) is 4.74 Å². The average Bonchev–Trinajstić information content (AvgIpc) is 2.89. The summed E-state index contributed by atoms with van der Waals surface area (Å²) in [6, 6.07) is 35.5. The Labute approximate surface area is 206 Å². The zero-order valence-electron chi connectivity index (χ0n) is 18.3. The van der Waals surface area contributed by atoms with Gasteiger partial charge in [0.1, 0.15) is 5.75 Å². The Bertz CT molecular complexity index is 1600. The van der Waals surface area contributed by atoms with Crippen LogP contribution in [-0.4, -0.2) is 6.73 Å². The topological polar surface area (TPSA) is 12.5 Å². The first-order chi connectivity index (χ1) is 16.8. The van der Waals surface area contributed by atoms with Crippen LogP contribution >= 0.6 is 15.9 Å². The number of benzene rings is 5. The fourth-order valence-corrected chi connectivity index (χ4v) is 6.99. The summed E-state index contributed by atoms with van der Waals surface area (Å²) in [4.78, 5) is 2.31. The smallest absolute Gasteiger partial charge is 0.165 e. The third kappa shape index (κ3) is 2.35. The molecular weight excluding hydrogens is 482 g/mol. The van der Waals surface area contributed by atoms with E-state index in [1.54, 1.807) is 0 Å². The monoisotopic (exact) mass is 501 g/mol. The Hall–Kier alpha value is -3.56. The van der Waals surface area contributed by atoms with Gasteiger partial charge in [-0.05, 0) is 79.0 Å². The Kier molecular flexibility index (Phi) is 3.73. The number of rotatable bonds is 1. The van der Waals surface area contributed by atoms with Crippen molar-refractivity contribution in [1.29, 1.82) is 0 Å². The van der Waals surface area contributed by atoms with Gasteiger partial charge in [0.05, 0.1) is 11.4 Å². The normalized spacial score (nSPS) is 18.8. The van der Waals surface area contributed by atoms with Crippen molar-refractivity contribution in [3.63, 3.8) is 0 Å². The molecule has 34 heavy (non-hydrogen) atoms. The molecule has 1 aliphatic heterocycles. The molecule has 9 rings (SSSR count). The van der Waals surface area contributed by atoms with Crippen molar-refractivity contribution in [2.24, 2.45) is 0 Å². The number of nitrogens with zero attached hydrogens (tertiary/aromatic N) is 1. The molecule has 3 aliphatic carbocycles. The lowest BCUT2D eigenvalue weighted by Crippen LogP contribution is -2.30. The van der Waals surface area contributed by atoms with Crippen molar-refractivity contribution in [3.05, 3.63) is 135 Å².